The molecule has 0 aliphatic carbocycles. The quantitative estimate of drug-likeness (QED) is 0.741. The molecule has 1 aromatic rings. The normalized spacial score (nSPS) is 13.2. The van der Waals surface area contributed by atoms with E-state index in [1.54, 1.807) is 12.1 Å². The van der Waals surface area contributed by atoms with Gasteiger partial charge in [0, 0.05) is 6.04 Å². The molecule has 5 heteroatoms. The van der Waals surface area contributed by atoms with E-state index in [-0.39, 0.29) is 11.8 Å². The summed E-state index contributed by atoms with van der Waals surface area (Å²) in [7, 11) is 0. The molecule has 2 nitrogen and oxygen atoms in total. The van der Waals surface area contributed by atoms with Crippen LogP contribution in [-0.4, -0.2) is 12.9 Å². The van der Waals surface area contributed by atoms with Crippen LogP contribution >= 0.6 is 0 Å². The largest absolute Gasteiger partial charge is 0.573 e. The molecule has 0 heterocycles. The minimum atomic E-state index is -4.64. The van der Waals surface area contributed by atoms with Gasteiger partial charge in [-0.3, -0.25) is 0 Å². The summed E-state index contributed by atoms with van der Waals surface area (Å²) in [6.45, 7) is 5.11. The first-order valence-electron chi connectivity index (χ1n) is 7.05. The van der Waals surface area contributed by atoms with Crippen molar-refractivity contribution in [2.75, 3.05) is 6.54 Å². The molecule has 0 aliphatic heterocycles. The van der Waals surface area contributed by atoms with Crippen LogP contribution in [-0.2, 0) is 0 Å². The zero-order valence-electron chi connectivity index (χ0n) is 12.0. The van der Waals surface area contributed by atoms with E-state index in [1.807, 2.05) is 0 Å². The van der Waals surface area contributed by atoms with Crippen molar-refractivity contribution in [1.29, 1.82) is 0 Å². The third kappa shape index (κ3) is 6.28. The zero-order valence-corrected chi connectivity index (χ0v) is 12.0. The SMILES string of the molecule is CCCCC(NCCC)c1ccc(OC(F)(F)F)cc1. The highest BCUT2D eigenvalue weighted by Gasteiger charge is 2.31. The van der Waals surface area contributed by atoms with Gasteiger partial charge in [-0.1, -0.05) is 38.8 Å². The van der Waals surface area contributed by atoms with Gasteiger partial charge in [-0.2, -0.15) is 0 Å². The molecule has 0 spiro atoms. The molecule has 114 valence electrons. The molecule has 0 amide bonds. The van der Waals surface area contributed by atoms with E-state index in [4.69, 9.17) is 0 Å². The lowest BCUT2D eigenvalue weighted by Gasteiger charge is -2.19. The summed E-state index contributed by atoms with van der Waals surface area (Å²) in [5, 5.41) is 3.43. The maximum absolute atomic E-state index is 12.1. The van der Waals surface area contributed by atoms with Gasteiger partial charge in [0.2, 0.25) is 0 Å². The zero-order chi connectivity index (χ0) is 15.0. The number of halogens is 3. The maximum Gasteiger partial charge on any atom is 0.573 e. The first kappa shape index (κ1) is 16.8. The molecule has 0 bridgehead atoms. The molecule has 1 unspecified atom stereocenters. The fraction of sp³-hybridized carbons (Fsp3) is 0.600. The van der Waals surface area contributed by atoms with Crippen LogP contribution in [0.4, 0.5) is 13.2 Å². The lowest BCUT2D eigenvalue weighted by Crippen LogP contribution is -2.22. The van der Waals surface area contributed by atoms with Crippen LogP contribution in [0.5, 0.6) is 5.75 Å². The molecular formula is C15H22F3NO. The van der Waals surface area contributed by atoms with E-state index in [9.17, 15) is 13.2 Å². The minimum Gasteiger partial charge on any atom is -0.406 e. The molecule has 0 radical (unpaired) electrons. The summed E-state index contributed by atoms with van der Waals surface area (Å²) < 4.78 is 40.2. The number of hydrogen-bond acceptors (Lipinski definition) is 2. The molecule has 20 heavy (non-hydrogen) atoms. The van der Waals surface area contributed by atoms with Gasteiger partial charge in [-0.15, -0.1) is 13.2 Å². The van der Waals surface area contributed by atoms with Crippen molar-refractivity contribution in [2.45, 2.75) is 51.9 Å². The van der Waals surface area contributed by atoms with Crippen LogP contribution in [0.15, 0.2) is 24.3 Å². The Hall–Kier alpha value is -1.23. The van der Waals surface area contributed by atoms with E-state index in [1.165, 1.54) is 12.1 Å². The van der Waals surface area contributed by atoms with E-state index >= 15 is 0 Å². The lowest BCUT2D eigenvalue weighted by molar-refractivity contribution is -0.274. The van der Waals surface area contributed by atoms with E-state index in [0.717, 1.165) is 37.8 Å². The Morgan fingerprint density at radius 1 is 1.10 bits per heavy atom. The van der Waals surface area contributed by atoms with Crippen LogP contribution < -0.4 is 10.1 Å². The Balaban J connectivity index is 2.70. The Labute approximate surface area is 118 Å². The highest BCUT2D eigenvalue weighted by atomic mass is 19.4. The molecule has 1 N–H and O–H groups in total. The molecule has 0 fully saturated rings. The predicted molar refractivity (Wildman–Crippen MR) is 73.7 cm³/mol. The summed E-state index contributed by atoms with van der Waals surface area (Å²) in [5.41, 5.74) is 1.00. The summed E-state index contributed by atoms with van der Waals surface area (Å²) in [5.74, 6) is -0.175. The molecule has 0 saturated carbocycles. The van der Waals surface area contributed by atoms with Crippen molar-refractivity contribution in [3.8, 4) is 5.75 Å². The second-order valence-corrected chi connectivity index (χ2v) is 4.77. The lowest BCUT2D eigenvalue weighted by atomic mass is 10.0. The van der Waals surface area contributed by atoms with Crippen molar-refractivity contribution in [2.24, 2.45) is 0 Å². The van der Waals surface area contributed by atoms with Crippen LogP contribution in [0, 0.1) is 0 Å². The van der Waals surface area contributed by atoms with Gasteiger partial charge >= 0.3 is 6.36 Å². The predicted octanol–water partition coefficient (Wildman–Crippen LogP) is 4.82. The van der Waals surface area contributed by atoms with Gasteiger partial charge < -0.3 is 10.1 Å². The van der Waals surface area contributed by atoms with Crippen molar-refractivity contribution in [3.63, 3.8) is 0 Å². The molecule has 0 aliphatic rings. The smallest absolute Gasteiger partial charge is 0.406 e. The van der Waals surface area contributed by atoms with Crippen LogP contribution in [0.25, 0.3) is 0 Å². The highest BCUT2D eigenvalue weighted by molar-refractivity contribution is 5.29. The average molecular weight is 289 g/mol. The highest BCUT2D eigenvalue weighted by Crippen LogP contribution is 2.26. The van der Waals surface area contributed by atoms with Gasteiger partial charge in [0.15, 0.2) is 0 Å². The third-order valence-corrected chi connectivity index (χ3v) is 3.00. The Kier molecular flexibility index (Phi) is 6.85. The van der Waals surface area contributed by atoms with Gasteiger partial charge in [0.25, 0.3) is 0 Å². The topological polar surface area (TPSA) is 21.3 Å². The number of rotatable bonds is 8. The van der Waals surface area contributed by atoms with Gasteiger partial charge in [-0.25, -0.2) is 0 Å². The second kappa shape index (κ2) is 8.15. The first-order chi connectivity index (χ1) is 9.46. The molecule has 1 rings (SSSR count). The van der Waals surface area contributed by atoms with Gasteiger partial charge in [0.1, 0.15) is 5.75 Å². The standard InChI is InChI=1S/C15H22F3NO/c1-3-5-6-14(19-11-4-2)12-7-9-13(10-8-12)20-15(16,17)18/h7-10,14,19H,3-6,11H2,1-2H3. The molecular weight excluding hydrogens is 267 g/mol. The van der Waals surface area contributed by atoms with Crippen LogP contribution in [0.2, 0.25) is 0 Å². The Morgan fingerprint density at radius 3 is 2.25 bits per heavy atom. The number of nitrogens with one attached hydrogen (secondary N) is 1. The van der Waals surface area contributed by atoms with E-state index in [0.29, 0.717) is 0 Å². The first-order valence-corrected chi connectivity index (χ1v) is 7.05. The summed E-state index contributed by atoms with van der Waals surface area (Å²) in [4.78, 5) is 0. The summed E-state index contributed by atoms with van der Waals surface area (Å²) >= 11 is 0. The summed E-state index contributed by atoms with van der Waals surface area (Å²) in [6.07, 6.45) is -0.445. The van der Waals surface area contributed by atoms with Crippen molar-refractivity contribution < 1.29 is 17.9 Å². The number of hydrogen-bond donors (Lipinski definition) is 1. The number of unbranched alkanes of at least 4 members (excludes halogenated alkanes) is 1. The van der Waals surface area contributed by atoms with Crippen molar-refractivity contribution in [3.05, 3.63) is 29.8 Å². The van der Waals surface area contributed by atoms with Gasteiger partial charge in [-0.05, 0) is 37.1 Å². The second-order valence-electron chi connectivity index (χ2n) is 4.77. The van der Waals surface area contributed by atoms with Gasteiger partial charge in [0.05, 0.1) is 0 Å². The summed E-state index contributed by atoms with van der Waals surface area (Å²) in [6, 6.07) is 6.33. The average Bonchev–Trinajstić information content (AvgIpc) is 2.38. The Bertz CT molecular complexity index is 368. The molecule has 0 saturated heterocycles. The van der Waals surface area contributed by atoms with E-state index in [2.05, 4.69) is 23.9 Å². The third-order valence-electron chi connectivity index (χ3n) is 3.00. The maximum atomic E-state index is 12.1. The number of ether oxygens (including phenoxy) is 1. The molecule has 1 aromatic carbocycles. The van der Waals surface area contributed by atoms with E-state index < -0.39 is 6.36 Å². The van der Waals surface area contributed by atoms with Crippen LogP contribution in [0.1, 0.15) is 51.1 Å². The molecule has 1 atom stereocenters. The number of benzene rings is 1. The Morgan fingerprint density at radius 2 is 1.75 bits per heavy atom. The monoisotopic (exact) mass is 289 g/mol. The van der Waals surface area contributed by atoms with Crippen LogP contribution in [0.3, 0.4) is 0 Å². The fourth-order valence-electron chi connectivity index (χ4n) is 2.02. The number of alkyl halides is 3. The fourth-order valence-corrected chi connectivity index (χ4v) is 2.02. The molecule has 0 aromatic heterocycles. The minimum absolute atomic E-state index is 0.175. The van der Waals surface area contributed by atoms with Crippen molar-refractivity contribution in [1.82, 2.24) is 5.32 Å². The van der Waals surface area contributed by atoms with Crippen molar-refractivity contribution >= 4 is 0 Å².